The summed E-state index contributed by atoms with van der Waals surface area (Å²) in [5.41, 5.74) is 7.61. The van der Waals surface area contributed by atoms with E-state index >= 15 is 0 Å². The van der Waals surface area contributed by atoms with Crippen LogP contribution in [0.5, 0.6) is 0 Å². The van der Waals surface area contributed by atoms with E-state index in [2.05, 4.69) is 0 Å². The number of carbonyl (C=O) groups is 1. The standard InChI is InChI=1S/C13H18N2O3S/c1-9(16)12-4-3-10(7-13(12)14)15(2)11-5-6-19(17,18)8-11/h3-4,7,11H,5-6,8,14H2,1-2H3. The molecule has 1 aliphatic rings. The monoisotopic (exact) mass is 282 g/mol. The molecule has 1 unspecified atom stereocenters. The molecule has 1 atom stereocenters. The SMILES string of the molecule is CC(=O)c1ccc(N(C)C2CCS(=O)(=O)C2)cc1N. The van der Waals surface area contributed by atoms with Crippen molar-refractivity contribution in [3.63, 3.8) is 0 Å². The van der Waals surface area contributed by atoms with Crippen molar-refractivity contribution in [2.24, 2.45) is 0 Å². The molecule has 1 heterocycles. The molecule has 0 aliphatic carbocycles. The number of nitrogen functional groups attached to an aromatic ring is 1. The van der Waals surface area contributed by atoms with Crippen molar-refractivity contribution >= 4 is 27.0 Å². The van der Waals surface area contributed by atoms with Gasteiger partial charge >= 0.3 is 0 Å². The summed E-state index contributed by atoms with van der Waals surface area (Å²) < 4.78 is 23.0. The predicted molar refractivity (Wildman–Crippen MR) is 76.3 cm³/mol. The number of nitrogens with zero attached hydrogens (tertiary/aromatic N) is 1. The molecule has 1 aliphatic heterocycles. The molecule has 2 N–H and O–H groups in total. The maximum atomic E-state index is 11.5. The van der Waals surface area contributed by atoms with Gasteiger partial charge in [0.15, 0.2) is 15.6 Å². The highest BCUT2D eigenvalue weighted by Crippen LogP contribution is 2.26. The van der Waals surface area contributed by atoms with Gasteiger partial charge in [0.2, 0.25) is 0 Å². The van der Waals surface area contributed by atoms with Crippen molar-refractivity contribution in [1.82, 2.24) is 0 Å². The number of Topliss-reactive ketones (excluding diaryl/α,β-unsaturated/α-hetero) is 1. The van der Waals surface area contributed by atoms with Gasteiger partial charge in [-0.15, -0.1) is 0 Å². The molecule has 0 bridgehead atoms. The number of ketones is 1. The number of rotatable bonds is 3. The minimum atomic E-state index is -2.91. The molecule has 1 aromatic carbocycles. The fourth-order valence-electron chi connectivity index (χ4n) is 2.38. The molecule has 0 saturated carbocycles. The van der Waals surface area contributed by atoms with Crippen molar-refractivity contribution < 1.29 is 13.2 Å². The first-order chi connectivity index (χ1) is 8.80. The summed E-state index contributed by atoms with van der Waals surface area (Å²) in [6.45, 7) is 1.47. The molecule has 1 fully saturated rings. The summed E-state index contributed by atoms with van der Waals surface area (Å²) in [4.78, 5) is 13.2. The van der Waals surface area contributed by atoms with Gasteiger partial charge in [-0.1, -0.05) is 0 Å². The highest BCUT2D eigenvalue weighted by atomic mass is 32.2. The number of benzene rings is 1. The van der Waals surface area contributed by atoms with Crippen LogP contribution in [-0.2, 0) is 9.84 Å². The topological polar surface area (TPSA) is 80.5 Å². The van der Waals surface area contributed by atoms with Crippen molar-refractivity contribution in [3.05, 3.63) is 23.8 Å². The summed E-state index contributed by atoms with van der Waals surface area (Å²) in [5.74, 6) is 0.344. The van der Waals surface area contributed by atoms with E-state index in [-0.39, 0.29) is 23.3 Å². The van der Waals surface area contributed by atoms with Crippen LogP contribution in [0.25, 0.3) is 0 Å². The van der Waals surface area contributed by atoms with E-state index < -0.39 is 9.84 Å². The zero-order valence-corrected chi connectivity index (χ0v) is 11.9. The largest absolute Gasteiger partial charge is 0.398 e. The van der Waals surface area contributed by atoms with Crippen LogP contribution in [0.3, 0.4) is 0 Å². The molecular weight excluding hydrogens is 264 g/mol. The summed E-state index contributed by atoms with van der Waals surface area (Å²) in [6.07, 6.45) is 0.632. The highest BCUT2D eigenvalue weighted by molar-refractivity contribution is 7.91. The van der Waals surface area contributed by atoms with Gasteiger partial charge in [-0.05, 0) is 31.5 Å². The van der Waals surface area contributed by atoms with Crippen molar-refractivity contribution in [3.8, 4) is 0 Å². The molecule has 0 aromatic heterocycles. The summed E-state index contributed by atoms with van der Waals surface area (Å²) >= 11 is 0. The minimum Gasteiger partial charge on any atom is -0.398 e. The fraction of sp³-hybridized carbons (Fsp3) is 0.462. The maximum Gasteiger partial charge on any atom is 0.161 e. The van der Waals surface area contributed by atoms with Crippen LogP contribution in [0.1, 0.15) is 23.7 Å². The Morgan fingerprint density at radius 1 is 1.42 bits per heavy atom. The zero-order chi connectivity index (χ0) is 14.2. The third-order valence-electron chi connectivity index (χ3n) is 3.58. The molecule has 19 heavy (non-hydrogen) atoms. The lowest BCUT2D eigenvalue weighted by Crippen LogP contribution is -2.32. The molecule has 104 valence electrons. The lowest BCUT2D eigenvalue weighted by Gasteiger charge is -2.26. The Labute approximate surface area is 113 Å². The third-order valence-corrected chi connectivity index (χ3v) is 5.33. The second-order valence-electron chi connectivity index (χ2n) is 5.00. The van der Waals surface area contributed by atoms with Crippen LogP contribution in [0, 0.1) is 0 Å². The molecular formula is C13H18N2O3S. The van der Waals surface area contributed by atoms with Gasteiger partial charge in [-0.2, -0.15) is 0 Å². The number of nitrogens with two attached hydrogens (primary N) is 1. The van der Waals surface area contributed by atoms with Gasteiger partial charge in [0, 0.05) is 30.0 Å². The van der Waals surface area contributed by atoms with Gasteiger partial charge in [-0.25, -0.2) is 8.42 Å². The molecule has 5 nitrogen and oxygen atoms in total. The van der Waals surface area contributed by atoms with Crippen LogP contribution in [0.15, 0.2) is 18.2 Å². The Hall–Kier alpha value is -1.56. The third kappa shape index (κ3) is 2.89. The van der Waals surface area contributed by atoms with Gasteiger partial charge in [0.25, 0.3) is 0 Å². The number of anilines is 2. The summed E-state index contributed by atoms with van der Waals surface area (Å²) in [7, 11) is -1.05. The maximum absolute atomic E-state index is 11.5. The molecule has 0 spiro atoms. The van der Waals surface area contributed by atoms with Crippen LogP contribution >= 0.6 is 0 Å². The normalized spacial score (nSPS) is 21.3. The van der Waals surface area contributed by atoms with E-state index in [0.29, 0.717) is 17.7 Å². The first-order valence-electron chi connectivity index (χ1n) is 6.14. The van der Waals surface area contributed by atoms with Gasteiger partial charge in [0.05, 0.1) is 11.5 Å². The Kier molecular flexibility index (Phi) is 3.54. The van der Waals surface area contributed by atoms with Crippen LogP contribution in [0.4, 0.5) is 11.4 Å². The van der Waals surface area contributed by atoms with Gasteiger partial charge in [0.1, 0.15) is 0 Å². The average molecular weight is 282 g/mol. The lowest BCUT2D eigenvalue weighted by atomic mass is 10.1. The van der Waals surface area contributed by atoms with E-state index in [4.69, 9.17) is 5.73 Å². The Morgan fingerprint density at radius 3 is 2.58 bits per heavy atom. The van der Waals surface area contributed by atoms with Crippen molar-refractivity contribution in [2.45, 2.75) is 19.4 Å². The second-order valence-corrected chi connectivity index (χ2v) is 7.22. The van der Waals surface area contributed by atoms with E-state index in [1.54, 1.807) is 18.2 Å². The average Bonchev–Trinajstić information content (AvgIpc) is 2.68. The lowest BCUT2D eigenvalue weighted by molar-refractivity contribution is 0.101. The minimum absolute atomic E-state index is 0.0208. The molecule has 0 radical (unpaired) electrons. The van der Waals surface area contributed by atoms with E-state index in [0.717, 1.165) is 5.69 Å². The molecule has 1 saturated heterocycles. The zero-order valence-electron chi connectivity index (χ0n) is 11.1. The molecule has 2 rings (SSSR count). The fourth-order valence-corrected chi connectivity index (χ4v) is 4.16. The Balaban J connectivity index is 2.23. The number of hydrogen-bond acceptors (Lipinski definition) is 5. The summed E-state index contributed by atoms with van der Waals surface area (Å²) in [5, 5.41) is 0. The van der Waals surface area contributed by atoms with E-state index in [1.807, 2.05) is 11.9 Å². The second kappa shape index (κ2) is 4.85. The molecule has 1 aromatic rings. The van der Waals surface area contributed by atoms with Gasteiger partial charge in [-0.3, -0.25) is 4.79 Å². The first kappa shape index (κ1) is 13.9. The smallest absolute Gasteiger partial charge is 0.161 e. The predicted octanol–water partition coefficient (Wildman–Crippen LogP) is 1.09. The molecule has 0 amide bonds. The van der Waals surface area contributed by atoms with Crippen molar-refractivity contribution in [2.75, 3.05) is 29.2 Å². The number of hydrogen-bond donors (Lipinski definition) is 1. The summed E-state index contributed by atoms with van der Waals surface area (Å²) in [6, 6.07) is 5.19. The quantitative estimate of drug-likeness (QED) is 0.663. The van der Waals surface area contributed by atoms with Crippen LogP contribution in [0.2, 0.25) is 0 Å². The number of sulfone groups is 1. The van der Waals surface area contributed by atoms with Gasteiger partial charge < -0.3 is 10.6 Å². The van der Waals surface area contributed by atoms with Crippen LogP contribution < -0.4 is 10.6 Å². The first-order valence-corrected chi connectivity index (χ1v) is 7.96. The van der Waals surface area contributed by atoms with E-state index in [1.165, 1.54) is 6.92 Å². The molecule has 6 heteroatoms. The van der Waals surface area contributed by atoms with E-state index in [9.17, 15) is 13.2 Å². The Bertz CT molecular complexity index is 610. The highest BCUT2D eigenvalue weighted by Gasteiger charge is 2.30. The number of carbonyl (C=O) groups excluding carboxylic acids is 1. The Morgan fingerprint density at radius 2 is 2.11 bits per heavy atom. The van der Waals surface area contributed by atoms with Crippen LogP contribution in [-0.4, -0.2) is 38.8 Å². The van der Waals surface area contributed by atoms with Crippen molar-refractivity contribution in [1.29, 1.82) is 0 Å².